The minimum atomic E-state index is -3.59. The Hall–Kier alpha value is -0.610. The van der Waals surface area contributed by atoms with E-state index in [1.165, 1.54) is 0 Å². The van der Waals surface area contributed by atoms with Gasteiger partial charge in [-0.1, -0.05) is 15.9 Å². The molecule has 158 valence electrons. The van der Waals surface area contributed by atoms with E-state index in [9.17, 15) is 9.32 Å². The minimum absolute atomic E-state index is 0.162. The number of benzene rings is 1. The first-order valence-electron chi connectivity index (χ1n) is 9.20. The van der Waals surface area contributed by atoms with E-state index in [0.29, 0.717) is 23.9 Å². The lowest BCUT2D eigenvalue weighted by atomic mass is 9.71. The summed E-state index contributed by atoms with van der Waals surface area (Å²) >= 11 is 3.33. The van der Waals surface area contributed by atoms with Gasteiger partial charge in [0.05, 0.1) is 22.3 Å². The molecule has 9 heteroatoms. The van der Waals surface area contributed by atoms with Crippen LogP contribution in [0.4, 0.5) is 8.78 Å². The lowest BCUT2D eigenvalue weighted by molar-refractivity contribution is -0.170. The number of hydrogen-bond donors (Lipinski definition) is 2. The summed E-state index contributed by atoms with van der Waals surface area (Å²) < 4.78 is 58.1. The molecule has 0 aliphatic carbocycles. The Morgan fingerprint density at radius 2 is 2.07 bits per heavy atom. The Labute approximate surface area is 174 Å². The van der Waals surface area contributed by atoms with Crippen molar-refractivity contribution in [2.45, 2.75) is 61.8 Å². The van der Waals surface area contributed by atoms with Crippen LogP contribution in [0.1, 0.15) is 45.6 Å². The molecule has 1 saturated heterocycles. The Morgan fingerprint density at radius 1 is 1.36 bits per heavy atom. The Kier molecular flexibility index (Phi) is 5.97. The number of halogens is 3. The van der Waals surface area contributed by atoms with Gasteiger partial charge in [-0.05, 0) is 51.8 Å². The van der Waals surface area contributed by atoms with Crippen molar-refractivity contribution in [3.8, 4) is 5.75 Å². The van der Waals surface area contributed by atoms with Gasteiger partial charge in [-0.3, -0.25) is 0 Å². The van der Waals surface area contributed by atoms with Crippen LogP contribution in [0.25, 0.3) is 0 Å². The second-order valence-electron chi connectivity index (χ2n) is 8.51. The third-order valence-electron chi connectivity index (χ3n) is 5.25. The molecule has 0 saturated carbocycles. The highest BCUT2D eigenvalue weighted by Crippen LogP contribution is 2.53. The van der Waals surface area contributed by atoms with Crippen LogP contribution in [-0.2, 0) is 21.3 Å². The highest BCUT2D eigenvalue weighted by Gasteiger charge is 2.63. The van der Waals surface area contributed by atoms with Gasteiger partial charge in [-0.25, -0.2) is 17.7 Å². The van der Waals surface area contributed by atoms with Crippen molar-refractivity contribution in [2.24, 2.45) is 0 Å². The summed E-state index contributed by atoms with van der Waals surface area (Å²) in [5.41, 5.74) is -2.88. The van der Waals surface area contributed by atoms with Gasteiger partial charge in [0.15, 0.2) is 0 Å². The molecular weight excluding hydrogens is 456 g/mol. The molecule has 1 aromatic rings. The number of aliphatic hydroxyl groups is 1. The Balaban J connectivity index is 2.22. The first-order chi connectivity index (χ1) is 12.9. The van der Waals surface area contributed by atoms with Crippen molar-refractivity contribution in [2.75, 3.05) is 19.8 Å². The topological polar surface area (TPSA) is 67.8 Å². The largest absolute Gasteiger partial charge is 0.484 e. The van der Waals surface area contributed by atoms with Crippen LogP contribution in [0.3, 0.4) is 0 Å². The van der Waals surface area contributed by atoms with Crippen molar-refractivity contribution >= 4 is 26.9 Å². The van der Waals surface area contributed by atoms with Crippen LogP contribution in [0, 0.1) is 0 Å². The fraction of sp³-hybridized carbons (Fsp3) is 0.684. The lowest BCUT2D eigenvalue weighted by Crippen LogP contribution is -2.66. The number of nitrogens with one attached hydrogen (secondary N) is 1. The average molecular weight is 482 g/mol. The van der Waals surface area contributed by atoms with Crippen LogP contribution < -0.4 is 9.46 Å². The summed E-state index contributed by atoms with van der Waals surface area (Å²) in [5.74, 6) is -3.30. The SMILES string of the molecule is CC(C)(C)S(=O)N[C@]1(C(F)(F)CO)C[C@@]2(CCCOC2)Oc2ccc(Br)cc21. The molecule has 0 aromatic heterocycles. The highest BCUT2D eigenvalue weighted by molar-refractivity contribution is 9.10. The van der Waals surface area contributed by atoms with Gasteiger partial charge in [-0.15, -0.1) is 0 Å². The molecule has 1 unspecified atom stereocenters. The zero-order valence-corrected chi connectivity index (χ0v) is 18.6. The first-order valence-corrected chi connectivity index (χ1v) is 11.1. The van der Waals surface area contributed by atoms with Crippen LogP contribution in [0.5, 0.6) is 5.75 Å². The second kappa shape index (κ2) is 7.58. The van der Waals surface area contributed by atoms with E-state index in [1.807, 2.05) is 0 Å². The molecule has 1 fully saturated rings. The number of hydrogen-bond acceptors (Lipinski definition) is 4. The lowest BCUT2D eigenvalue weighted by Gasteiger charge is -2.52. The van der Waals surface area contributed by atoms with Crippen molar-refractivity contribution in [3.63, 3.8) is 0 Å². The highest BCUT2D eigenvalue weighted by atomic mass is 79.9. The zero-order chi connectivity index (χ0) is 20.8. The minimum Gasteiger partial charge on any atom is -0.484 e. The average Bonchev–Trinajstić information content (AvgIpc) is 2.62. The summed E-state index contributed by atoms with van der Waals surface area (Å²) in [4.78, 5) is 0. The van der Waals surface area contributed by atoms with E-state index < -0.39 is 39.4 Å². The molecule has 0 bridgehead atoms. The molecule has 2 heterocycles. The molecule has 3 atom stereocenters. The molecule has 2 aliphatic rings. The second-order valence-corrected chi connectivity index (χ2v) is 11.4. The molecule has 28 heavy (non-hydrogen) atoms. The van der Waals surface area contributed by atoms with E-state index in [0.717, 1.165) is 0 Å². The van der Waals surface area contributed by atoms with Gasteiger partial charge in [0.25, 0.3) is 5.92 Å². The summed E-state index contributed by atoms with van der Waals surface area (Å²) in [7, 11) is -1.81. The normalized spacial score (nSPS) is 29.2. The van der Waals surface area contributed by atoms with Gasteiger partial charge >= 0.3 is 0 Å². The van der Waals surface area contributed by atoms with Gasteiger partial charge in [0, 0.05) is 23.1 Å². The molecule has 1 spiro atoms. The number of aliphatic hydroxyl groups excluding tert-OH is 1. The standard InChI is InChI=1S/C19H26BrF2NO4S/c1-16(2,3)28(25)23-18(19(21,22)11-24)10-17(7-4-8-26-12-17)27-15-6-5-13(20)9-14(15)18/h5-6,9,23-24H,4,7-8,10-12H2,1-3H3/t17-,18-,28?/m1/s1. The van der Waals surface area contributed by atoms with Crippen LogP contribution in [0.2, 0.25) is 0 Å². The number of ether oxygens (including phenoxy) is 2. The molecule has 5 nitrogen and oxygen atoms in total. The number of rotatable bonds is 4. The molecule has 0 amide bonds. The van der Waals surface area contributed by atoms with Gasteiger partial charge < -0.3 is 14.6 Å². The van der Waals surface area contributed by atoms with E-state index in [-0.39, 0.29) is 24.3 Å². The van der Waals surface area contributed by atoms with Crippen LogP contribution in [-0.4, -0.2) is 45.4 Å². The van der Waals surface area contributed by atoms with E-state index >= 15 is 8.78 Å². The Morgan fingerprint density at radius 3 is 2.64 bits per heavy atom. The fourth-order valence-electron chi connectivity index (χ4n) is 3.76. The maximum Gasteiger partial charge on any atom is 0.293 e. The van der Waals surface area contributed by atoms with Crippen LogP contribution >= 0.6 is 15.9 Å². The predicted molar refractivity (Wildman–Crippen MR) is 107 cm³/mol. The first kappa shape index (κ1) is 22.1. The van der Waals surface area contributed by atoms with E-state index in [2.05, 4.69) is 20.7 Å². The quantitative estimate of drug-likeness (QED) is 0.688. The molecule has 2 aliphatic heterocycles. The van der Waals surface area contributed by atoms with Gasteiger partial charge in [-0.2, -0.15) is 0 Å². The monoisotopic (exact) mass is 481 g/mol. The maximum absolute atomic E-state index is 15.4. The van der Waals surface area contributed by atoms with E-state index in [4.69, 9.17) is 9.47 Å². The summed E-state index contributed by atoms with van der Waals surface area (Å²) in [6.07, 6.45) is 1.05. The fourth-order valence-corrected chi connectivity index (χ4v) is 5.07. The number of alkyl halides is 2. The van der Waals surface area contributed by atoms with E-state index in [1.54, 1.807) is 39.0 Å². The third-order valence-corrected chi connectivity index (χ3v) is 7.39. The predicted octanol–water partition coefficient (Wildman–Crippen LogP) is 3.66. The third kappa shape index (κ3) is 3.88. The molecule has 1 aromatic carbocycles. The van der Waals surface area contributed by atoms with Gasteiger partial charge in [0.1, 0.15) is 23.5 Å². The number of fused-ring (bicyclic) bond motifs is 1. The smallest absolute Gasteiger partial charge is 0.293 e. The van der Waals surface area contributed by atoms with Crippen LogP contribution in [0.15, 0.2) is 22.7 Å². The molecule has 3 rings (SSSR count). The molecule has 0 radical (unpaired) electrons. The zero-order valence-electron chi connectivity index (χ0n) is 16.2. The van der Waals surface area contributed by atoms with Crippen molar-refractivity contribution in [3.05, 3.63) is 28.2 Å². The van der Waals surface area contributed by atoms with Crippen molar-refractivity contribution in [1.29, 1.82) is 0 Å². The maximum atomic E-state index is 15.4. The molecular formula is C19H26BrF2NO4S. The Bertz CT molecular complexity index is 765. The van der Waals surface area contributed by atoms with Gasteiger partial charge in [0.2, 0.25) is 0 Å². The summed E-state index contributed by atoms with van der Waals surface area (Å²) in [5, 5.41) is 9.64. The molecule has 2 N–H and O–H groups in total. The summed E-state index contributed by atoms with van der Waals surface area (Å²) in [6.45, 7) is 4.45. The summed E-state index contributed by atoms with van der Waals surface area (Å²) in [6, 6.07) is 4.88. The van der Waals surface area contributed by atoms with Crippen molar-refractivity contribution in [1.82, 2.24) is 4.72 Å². The van der Waals surface area contributed by atoms with Crippen molar-refractivity contribution < 1.29 is 27.6 Å².